The SMILES string of the molecule is CCC(C)c1cnc(S(N)(=O)=O)s1. The number of aromatic nitrogens is 1. The lowest BCUT2D eigenvalue weighted by Crippen LogP contribution is -2.11. The molecule has 0 aromatic carbocycles. The summed E-state index contributed by atoms with van der Waals surface area (Å²) in [5.41, 5.74) is 0. The average molecular weight is 220 g/mol. The second-order valence-corrected chi connectivity index (χ2v) is 5.68. The minimum absolute atomic E-state index is 0.00259. The largest absolute Gasteiger partial charge is 0.265 e. The zero-order valence-corrected chi connectivity index (χ0v) is 9.15. The van der Waals surface area contributed by atoms with Crippen molar-refractivity contribution in [3.63, 3.8) is 0 Å². The summed E-state index contributed by atoms with van der Waals surface area (Å²) < 4.78 is 21.8. The highest BCUT2D eigenvalue weighted by atomic mass is 32.2. The summed E-state index contributed by atoms with van der Waals surface area (Å²) in [6.45, 7) is 4.07. The highest BCUT2D eigenvalue weighted by Gasteiger charge is 2.15. The Morgan fingerprint density at radius 2 is 2.31 bits per heavy atom. The van der Waals surface area contributed by atoms with Crippen LogP contribution in [0.3, 0.4) is 0 Å². The van der Waals surface area contributed by atoms with Crippen LogP contribution in [-0.2, 0) is 10.0 Å². The van der Waals surface area contributed by atoms with Gasteiger partial charge in [0, 0.05) is 11.1 Å². The van der Waals surface area contributed by atoms with E-state index in [0.29, 0.717) is 5.92 Å². The number of rotatable bonds is 3. The van der Waals surface area contributed by atoms with Gasteiger partial charge in [-0.15, -0.1) is 11.3 Å². The number of sulfonamides is 1. The first-order chi connectivity index (χ1) is 5.95. The van der Waals surface area contributed by atoms with E-state index in [4.69, 9.17) is 5.14 Å². The number of thiazole rings is 1. The topological polar surface area (TPSA) is 73.0 Å². The Labute approximate surface area is 81.9 Å². The van der Waals surface area contributed by atoms with E-state index in [-0.39, 0.29) is 4.34 Å². The average Bonchev–Trinajstić information content (AvgIpc) is 2.50. The Balaban J connectivity index is 3.00. The maximum atomic E-state index is 10.9. The van der Waals surface area contributed by atoms with Crippen molar-refractivity contribution in [2.45, 2.75) is 30.5 Å². The minimum Gasteiger partial charge on any atom is -0.232 e. The normalized spacial score (nSPS) is 14.4. The van der Waals surface area contributed by atoms with Gasteiger partial charge in [-0.05, 0) is 12.3 Å². The molecule has 0 fully saturated rings. The van der Waals surface area contributed by atoms with E-state index in [1.807, 2.05) is 13.8 Å². The van der Waals surface area contributed by atoms with Crippen molar-refractivity contribution in [1.29, 1.82) is 0 Å². The summed E-state index contributed by atoms with van der Waals surface area (Å²) in [5, 5.41) is 4.93. The van der Waals surface area contributed by atoms with Crippen molar-refractivity contribution in [3.05, 3.63) is 11.1 Å². The summed E-state index contributed by atoms with van der Waals surface area (Å²) >= 11 is 1.15. The predicted octanol–water partition coefficient (Wildman–Crippen LogP) is 1.30. The second-order valence-electron chi connectivity index (χ2n) is 2.88. The molecule has 0 saturated heterocycles. The lowest BCUT2D eigenvalue weighted by atomic mass is 10.1. The van der Waals surface area contributed by atoms with Gasteiger partial charge in [-0.1, -0.05) is 13.8 Å². The third-order valence-electron chi connectivity index (χ3n) is 1.84. The molecule has 0 amide bonds. The Bertz CT molecular complexity index is 383. The molecule has 0 aliphatic heterocycles. The maximum Gasteiger partial charge on any atom is 0.265 e. The molecule has 1 aromatic heterocycles. The standard InChI is InChI=1S/C7H12N2O2S2/c1-3-5(2)6-4-9-7(12-6)13(8,10)11/h4-5H,3H2,1-2H3,(H2,8,10,11). The third-order valence-corrected chi connectivity index (χ3v) is 4.41. The minimum atomic E-state index is -3.62. The fourth-order valence-corrected chi connectivity index (χ4v) is 2.56. The van der Waals surface area contributed by atoms with E-state index < -0.39 is 10.0 Å². The number of nitrogens with zero attached hydrogens (tertiary/aromatic N) is 1. The smallest absolute Gasteiger partial charge is 0.232 e. The van der Waals surface area contributed by atoms with Crippen molar-refractivity contribution in [1.82, 2.24) is 4.98 Å². The van der Waals surface area contributed by atoms with Gasteiger partial charge in [0.2, 0.25) is 4.34 Å². The first kappa shape index (κ1) is 10.6. The molecule has 1 heterocycles. The molecule has 4 nitrogen and oxygen atoms in total. The molecule has 1 aromatic rings. The van der Waals surface area contributed by atoms with Crippen LogP contribution in [0.5, 0.6) is 0 Å². The number of primary sulfonamides is 1. The summed E-state index contributed by atoms with van der Waals surface area (Å²) in [7, 11) is -3.62. The zero-order valence-electron chi connectivity index (χ0n) is 7.52. The Kier molecular flexibility index (Phi) is 3.05. The molecule has 6 heteroatoms. The Morgan fingerprint density at radius 3 is 2.69 bits per heavy atom. The fourth-order valence-electron chi connectivity index (χ4n) is 0.830. The molecule has 0 aliphatic rings. The van der Waals surface area contributed by atoms with Gasteiger partial charge in [-0.3, -0.25) is 0 Å². The summed E-state index contributed by atoms with van der Waals surface area (Å²) in [4.78, 5) is 4.73. The molecule has 0 spiro atoms. The molecule has 74 valence electrons. The van der Waals surface area contributed by atoms with Gasteiger partial charge in [-0.2, -0.15) is 0 Å². The predicted molar refractivity (Wildman–Crippen MR) is 52.2 cm³/mol. The van der Waals surface area contributed by atoms with E-state index in [0.717, 1.165) is 22.6 Å². The molecule has 2 N–H and O–H groups in total. The van der Waals surface area contributed by atoms with Crippen LogP contribution < -0.4 is 5.14 Å². The first-order valence-corrected chi connectivity index (χ1v) is 6.30. The molecule has 1 atom stereocenters. The molecular formula is C7H12N2O2S2. The van der Waals surface area contributed by atoms with Crippen molar-refractivity contribution in [3.8, 4) is 0 Å². The second kappa shape index (κ2) is 3.73. The monoisotopic (exact) mass is 220 g/mol. The highest BCUT2D eigenvalue weighted by Crippen LogP contribution is 2.26. The summed E-state index contributed by atoms with van der Waals surface area (Å²) in [6.07, 6.45) is 2.55. The van der Waals surface area contributed by atoms with Crippen LogP contribution >= 0.6 is 11.3 Å². The van der Waals surface area contributed by atoms with E-state index in [1.165, 1.54) is 0 Å². The molecule has 0 radical (unpaired) electrons. The van der Waals surface area contributed by atoms with Gasteiger partial charge in [0.15, 0.2) is 0 Å². The van der Waals surface area contributed by atoms with Gasteiger partial charge >= 0.3 is 0 Å². The maximum absolute atomic E-state index is 10.9. The lowest BCUT2D eigenvalue weighted by Gasteiger charge is -2.01. The Morgan fingerprint density at radius 1 is 1.69 bits per heavy atom. The fraction of sp³-hybridized carbons (Fsp3) is 0.571. The third kappa shape index (κ3) is 2.49. The van der Waals surface area contributed by atoms with E-state index in [1.54, 1.807) is 6.20 Å². The van der Waals surface area contributed by atoms with Crippen LogP contribution in [0.1, 0.15) is 31.1 Å². The quantitative estimate of drug-likeness (QED) is 0.834. The van der Waals surface area contributed by atoms with Crippen LogP contribution in [0.15, 0.2) is 10.5 Å². The lowest BCUT2D eigenvalue weighted by molar-refractivity contribution is 0.597. The summed E-state index contributed by atoms with van der Waals surface area (Å²) in [5.74, 6) is 0.341. The molecule has 1 rings (SSSR count). The summed E-state index contributed by atoms with van der Waals surface area (Å²) in [6, 6.07) is 0. The molecule has 13 heavy (non-hydrogen) atoms. The van der Waals surface area contributed by atoms with E-state index in [2.05, 4.69) is 4.98 Å². The van der Waals surface area contributed by atoms with Gasteiger partial charge < -0.3 is 0 Å². The molecule has 1 unspecified atom stereocenters. The molecule has 0 aliphatic carbocycles. The van der Waals surface area contributed by atoms with Crippen LogP contribution in [0.2, 0.25) is 0 Å². The first-order valence-electron chi connectivity index (χ1n) is 3.93. The van der Waals surface area contributed by atoms with Crippen LogP contribution in [0.4, 0.5) is 0 Å². The number of hydrogen-bond donors (Lipinski definition) is 1. The molecule has 0 saturated carbocycles. The van der Waals surface area contributed by atoms with E-state index >= 15 is 0 Å². The van der Waals surface area contributed by atoms with Crippen molar-refractivity contribution in [2.75, 3.05) is 0 Å². The van der Waals surface area contributed by atoms with Crippen LogP contribution in [-0.4, -0.2) is 13.4 Å². The highest BCUT2D eigenvalue weighted by molar-refractivity contribution is 7.91. The van der Waals surface area contributed by atoms with Crippen LogP contribution in [0, 0.1) is 0 Å². The van der Waals surface area contributed by atoms with Gasteiger partial charge in [-0.25, -0.2) is 18.5 Å². The van der Waals surface area contributed by atoms with Crippen LogP contribution in [0.25, 0.3) is 0 Å². The molecule has 0 bridgehead atoms. The molecular weight excluding hydrogens is 208 g/mol. The van der Waals surface area contributed by atoms with Crippen molar-refractivity contribution < 1.29 is 8.42 Å². The van der Waals surface area contributed by atoms with E-state index in [9.17, 15) is 8.42 Å². The zero-order chi connectivity index (χ0) is 10.1. The van der Waals surface area contributed by atoms with Crippen molar-refractivity contribution in [2.24, 2.45) is 5.14 Å². The Hall–Kier alpha value is -0.460. The number of hydrogen-bond acceptors (Lipinski definition) is 4. The van der Waals surface area contributed by atoms with Gasteiger partial charge in [0.1, 0.15) is 0 Å². The van der Waals surface area contributed by atoms with Crippen molar-refractivity contribution >= 4 is 21.4 Å². The van der Waals surface area contributed by atoms with Gasteiger partial charge in [0.05, 0.1) is 0 Å². The van der Waals surface area contributed by atoms with Gasteiger partial charge in [0.25, 0.3) is 10.0 Å². The number of nitrogens with two attached hydrogens (primary N) is 1.